The molecule has 1 rings (SSSR count). The third-order valence-electron chi connectivity index (χ3n) is 2.25. The fourth-order valence-electron chi connectivity index (χ4n) is 1.28. The first-order chi connectivity index (χ1) is 8.19. The van der Waals surface area contributed by atoms with Crippen molar-refractivity contribution in [1.82, 2.24) is 4.98 Å². The van der Waals surface area contributed by atoms with Crippen molar-refractivity contribution in [3.8, 4) is 0 Å². The normalized spacial score (nSPS) is 10.5. The number of aromatic nitrogens is 1. The van der Waals surface area contributed by atoms with Gasteiger partial charge in [0.1, 0.15) is 5.69 Å². The number of methoxy groups -OCH3 is 2. The SMILES string of the molecule is COCCN(CCOC)c1nc(C(C)=O)cs1. The lowest BCUT2D eigenvalue weighted by atomic mass is 10.4. The fourth-order valence-corrected chi connectivity index (χ4v) is 2.20. The number of anilines is 1. The second-order valence-electron chi connectivity index (χ2n) is 3.54. The number of ketones is 1. The van der Waals surface area contributed by atoms with Gasteiger partial charge in [-0.2, -0.15) is 0 Å². The summed E-state index contributed by atoms with van der Waals surface area (Å²) in [5.74, 6) is -0.00840. The van der Waals surface area contributed by atoms with Crippen LogP contribution >= 0.6 is 11.3 Å². The zero-order valence-corrected chi connectivity index (χ0v) is 11.2. The molecule has 0 unspecified atom stereocenters. The van der Waals surface area contributed by atoms with Crippen LogP contribution in [0.5, 0.6) is 0 Å². The average Bonchev–Trinajstić information content (AvgIpc) is 2.79. The van der Waals surface area contributed by atoms with Gasteiger partial charge >= 0.3 is 0 Å². The molecule has 1 aromatic rings. The molecule has 0 saturated heterocycles. The summed E-state index contributed by atoms with van der Waals surface area (Å²) in [6, 6.07) is 0. The van der Waals surface area contributed by atoms with Crippen LogP contribution in [0.3, 0.4) is 0 Å². The molecule has 0 amide bonds. The van der Waals surface area contributed by atoms with E-state index in [1.165, 1.54) is 18.3 Å². The molecule has 96 valence electrons. The van der Waals surface area contributed by atoms with Gasteiger partial charge in [-0.05, 0) is 0 Å². The molecule has 0 atom stereocenters. The minimum Gasteiger partial charge on any atom is -0.383 e. The number of rotatable bonds is 8. The summed E-state index contributed by atoms with van der Waals surface area (Å²) in [6.45, 7) is 4.25. The molecule has 0 spiro atoms. The van der Waals surface area contributed by atoms with Crippen molar-refractivity contribution >= 4 is 22.3 Å². The highest BCUT2D eigenvalue weighted by molar-refractivity contribution is 7.13. The van der Waals surface area contributed by atoms with Crippen LogP contribution in [0.2, 0.25) is 0 Å². The molecule has 5 nitrogen and oxygen atoms in total. The van der Waals surface area contributed by atoms with E-state index < -0.39 is 0 Å². The zero-order chi connectivity index (χ0) is 12.7. The van der Waals surface area contributed by atoms with Gasteiger partial charge in [0.25, 0.3) is 0 Å². The summed E-state index contributed by atoms with van der Waals surface area (Å²) in [7, 11) is 3.33. The van der Waals surface area contributed by atoms with Gasteiger partial charge < -0.3 is 14.4 Å². The first kappa shape index (κ1) is 14.1. The maximum atomic E-state index is 11.2. The zero-order valence-electron chi connectivity index (χ0n) is 10.4. The molecule has 0 bridgehead atoms. The van der Waals surface area contributed by atoms with Crippen LogP contribution in [0.25, 0.3) is 0 Å². The molecule has 0 fully saturated rings. The lowest BCUT2D eigenvalue weighted by Crippen LogP contribution is -2.30. The lowest BCUT2D eigenvalue weighted by Gasteiger charge is -2.20. The smallest absolute Gasteiger partial charge is 0.186 e. The number of Topliss-reactive ketones (excluding diaryl/α,β-unsaturated/α-hetero) is 1. The van der Waals surface area contributed by atoms with E-state index in [-0.39, 0.29) is 5.78 Å². The maximum Gasteiger partial charge on any atom is 0.186 e. The largest absolute Gasteiger partial charge is 0.383 e. The van der Waals surface area contributed by atoms with E-state index in [1.807, 2.05) is 0 Å². The lowest BCUT2D eigenvalue weighted by molar-refractivity contribution is 0.101. The number of ether oxygens (including phenoxy) is 2. The minimum atomic E-state index is -0.00840. The number of thiazole rings is 1. The Kier molecular flexibility index (Phi) is 6.10. The molecule has 0 aliphatic rings. The average molecular weight is 258 g/mol. The van der Waals surface area contributed by atoms with Crippen molar-refractivity contribution in [3.63, 3.8) is 0 Å². The second-order valence-corrected chi connectivity index (χ2v) is 4.38. The Balaban J connectivity index is 2.68. The number of nitrogens with zero attached hydrogens (tertiary/aromatic N) is 2. The third-order valence-corrected chi connectivity index (χ3v) is 3.16. The minimum absolute atomic E-state index is 0.00840. The highest BCUT2D eigenvalue weighted by Gasteiger charge is 2.12. The Labute approximate surface area is 105 Å². The van der Waals surface area contributed by atoms with Crippen LogP contribution in [0.4, 0.5) is 5.13 Å². The van der Waals surface area contributed by atoms with E-state index in [2.05, 4.69) is 9.88 Å². The van der Waals surface area contributed by atoms with Crippen molar-refractivity contribution in [2.75, 3.05) is 45.4 Å². The molecular formula is C11H18N2O3S. The molecule has 17 heavy (non-hydrogen) atoms. The molecule has 0 aliphatic heterocycles. The molecule has 0 aromatic carbocycles. The summed E-state index contributed by atoms with van der Waals surface area (Å²) in [6.07, 6.45) is 0. The summed E-state index contributed by atoms with van der Waals surface area (Å²) in [4.78, 5) is 17.5. The van der Waals surface area contributed by atoms with Gasteiger partial charge in [0.15, 0.2) is 10.9 Å². The van der Waals surface area contributed by atoms with Crippen LogP contribution in [0, 0.1) is 0 Å². The van der Waals surface area contributed by atoms with Gasteiger partial charge in [-0.15, -0.1) is 11.3 Å². The van der Waals surface area contributed by atoms with Crippen molar-refractivity contribution in [3.05, 3.63) is 11.1 Å². The second kappa shape index (κ2) is 7.37. The molecule has 0 radical (unpaired) electrons. The molecule has 1 heterocycles. The van der Waals surface area contributed by atoms with Crippen LogP contribution < -0.4 is 4.90 Å². The van der Waals surface area contributed by atoms with Crippen LogP contribution in [-0.2, 0) is 9.47 Å². The third kappa shape index (κ3) is 4.41. The Hall–Kier alpha value is -0.980. The molecular weight excluding hydrogens is 240 g/mol. The van der Waals surface area contributed by atoms with Gasteiger partial charge in [-0.25, -0.2) is 4.98 Å². The Morgan fingerprint density at radius 2 is 1.94 bits per heavy atom. The van der Waals surface area contributed by atoms with Crippen molar-refractivity contribution in [1.29, 1.82) is 0 Å². The number of hydrogen-bond donors (Lipinski definition) is 0. The predicted octanol–water partition coefficient (Wildman–Crippen LogP) is 1.44. The van der Waals surface area contributed by atoms with E-state index in [0.29, 0.717) is 18.9 Å². The first-order valence-electron chi connectivity index (χ1n) is 5.38. The van der Waals surface area contributed by atoms with Crippen molar-refractivity contribution in [2.45, 2.75) is 6.92 Å². The highest BCUT2D eigenvalue weighted by atomic mass is 32.1. The van der Waals surface area contributed by atoms with Gasteiger partial charge in [0.2, 0.25) is 0 Å². The van der Waals surface area contributed by atoms with Gasteiger partial charge in [0, 0.05) is 39.6 Å². The summed E-state index contributed by atoms with van der Waals surface area (Å²) >= 11 is 1.47. The van der Waals surface area contributed by atoms with E-state index >= 15 is 0 Å². The maximum absolute atomic E-state index is 11.2. The molecule has 0 N–H and O–H groups in total. The molecule has 0 saturated carbocycles. The number of carbonyl (C=O) groups excluding carboxylic acids is 1. The summed E-state index contributed by atoms with van der Waals surface area (Å²) in [5.41, 5.74) is 0.518. The van der Waals surface area contributed by atoms with Crippen LogP contribution in [0.1, 0.15) is 17.4 Å². The van der Waals surface area contributed by atoms with Crippen molar-refractivity contribution < 1.29 is 14.3 Å². The fraction of sp³-hybridized carbons (Fsp3) is 0.636. The monoisotopic (exact) mass is 258 g/mol. The molecule has 0 aliphatic carbocycles. The standard InChI is InChI=1S/C11H18N2O3S/c1-9(14)10-8-17-11(12-10)13(4-6-15-2)5-7-16-3/h8H,4-7H2,1-3H3. The summed E-state index contributed by atoms with van der Waals surface area (Å²) < 4.78 is 10.1. The topological polar surface area (TPSA) is 51.7 Å². The first-order valence-corrected chi connectivity index (χ1v) is 6.26. The predicted molar refractivity (Wildman–Crippen MR) is 68.1 cm³/mol. The van der Waals surface area contributed by atoms with E-state index in [4.69, 9.17) is 9.47 Å². The van der Waals surface area contributed by atoms with Crippen LogP contribution in [0.15, 0.2) is 5.38 Å². The van der Waals surface area contributed by atoms with Gasteiger partial charge in [-0.3, -0.25) is 4.79 Å². The number of hydrogen-bond acceptors (Lipinski definition) is 6. The Morgan fingerprint density at radius 1 is 1.35 bits per heavy atom. The molecule has 6 heteroatoms. The quantitative estimate of drug-likeness (QED) is 0.660. The van der Waals surface area contributed by atoms with E-state index in [9.17, 15) is 4.79 Å². The Bertz CT molecular complexity index is 346. The van der Waals surface area contributed by atoms with Crippen LogP contribution in [-0.4, -0.2) is 51.3 Å². The van der Waals surface area contributed by atoms with Crippen molar-refractivity contribution in [2.24, 2.45) is 0 Å². The van der Waals surface area contributed by atoms with E-state index in [0.717, 1.165) is 18.2 Å². The summed E-state index contributed by atoms with van der Waals surface area (Å²) in [5, 5.41) is 2.62. The highest BCUT2D eigenvalue weighted by Crippen LogP contribution is 2.20. The van der Waals surface area contributed by atoms with Gasteiger partial charge in [0.05, 0.1) is 13.2 Å². The van der Waals surface area contributed by atoms with E-state index in [1.54, 1.807) is 19.6 Å². The molecule has 1 aromatic heterocycles. The van der Waals surface area contributed by atoms with Gasteiger partial charge in [-0.1, -0.05) is 0 Å². The number of carbonyl (C=O) groups is 1. The Morgan fingerprint density at radius 3 is 2.35 bits per heavy atom.